The molecule has 2 heterocycles. The number of hydrogen-bond acceptors (Lipinski definition) is 1. The summed E-state index contributed by atoms with van der Waals surface area (Å²) in [5, 5.41) is 11.0. The van der Waals surface area contributed by atoms with E-state index < -0.39 is 0 Å². The van der Waals surface area contributed by atoms with E-state index in [4.69, 9.17) is 4.98 Å². The van der Waals surface area contributed by atoms with Crippen LogP contribution >= 0.6 is 0 Å². The highest BCUT2D eigenvalue weighted by Gasteiger charge is 2.18. The second kappa shape index (κ2) is 11.8. The van der Waals surface area contributed by atoms with Crippen molar-refractivity contribution in [2.45, 2.75) is 0 Å². The highest BCUT2D eigenvalue weighted by Crippen LogP contribution is 2.40. The Labute approximate surface area is 306 Å². The maximum atomic E-state index is 5.37. The van der Waals surface area contributed by atoms with Crippen molar-refractivity contribution in [3.05, 3.63) is 194 Å². The van der Waals surface area contributed by atoms with Crippen LogP contribution in [0.3, 0.4) is 0 Å². The van der Waals surface area contributed by atoms with Crippen molar-refractivity contribution in [1.82, 2.24) is 9.55 Å². The Kier molecular flexibility index (Phi) is 6.59. The van der Waals surface area contributed by atoms with Gasteiger partial charge in [0.15, 0.2) is 0 Å². The Balaban J connectivity index is 1.06. The molecule has 53 heavy (non-hydrogen) atoms. The van der Waals surface area contributed by atoms with Crippen LogP contribution in [0.2, 0.25) is 0 Å². The number of para-hydroxylation sites is 3. The van der Waals surface area contributed by atoms with Gasteiger partial charge in [0.1, 0.15) is 0 Å². The van der Waals surface area contributed by atoms with Crippen molar-refractivity contribution in [3.63, 3.8) is 0 Å². The average molecular weight is 673 g/mol. The first kappa shape index (κ1) is 29.7. The molecular formula is C51H32N2. The molecule has 246 valence electrons. The zero-order chi connectivity index (χ0) is 34.9. The minimum atomic E-state index is 0.994. The van der Waals surface area contributed by atoms with E-state index in [1.165, 1.54) is 76.4 Å². The van der Waals surface area contributed by atoms with Gasteiger partial charge in [-0.2, -0.15) is 0 Å². The fourth-order valence-corrected chi connectivity index (χ4v) is 8.31. The number of fused-ring (bicyclic) bond motifs is 8. The number of rotatable bonds is 4. The van der Waals surface area contributed by atoms with Gasteiger partial charge >= 0.3 is 0 Å². The quantitative estimate of drug-likeness (QED) is 0.170. The van der Waals surface area contributed by atoms with E-state index >= 15 is 0 Å². The summed E-state index contributed by atoms with van der Waals surface area (Å²) in [7, 11) is 0. The lowest BCUT2D eigenvalue weighted by atomic mass is 9.94. The van der Waals surface area contributed by atoms with Crippen LogP contribution in [0, 0.1) is 0 Å². The molecule has 0 aliphatic carbocycles. The van der Waals surface area contributed by atoms with Crippen LogP contribution in [0.4, 0.5) is 0 Å². The molecule has 0 fully saturated rings. The predicted molar refractivity (Wildman–Crippen MR) is 225 cm³/mol. The van der Waals surface area contributed by atoms with Crippen molar-refractivity contribution in [3.8, 4) is 39.2 Å². The maximum Gasteiger partial charge on any atom is 0.0789 e. The van der Waals surface area contributed by atoms with Gasteiger partial charge in [-0.1, -0.05) is 133 Å². The first-order valence-corrected chi connectivity index (χ1v) is 18.2. The third-order valence-corrected chi connectivity index (χ3v) is 10.9. The number of nitrogens with zero attached hydrogens (tertiary/aromatic N) is 2. The topological polar surface area (TPSA) is 17.8 Å². The summed E-state index contributed by atoms with van der Waals surface area (Å²) in [4.78, 5) is 5.37. The molecule has 0 unspecified atom stereocenters. The molecular weight excluding hydrogens is 641 g/mol. The second-order valence-corrected chi connectivity index (χ2v) is 14.0. The predicted octanol–water partition coefficient (Wildman–Crippen LogP) is 13.8. The second-order valence-electron chi connectivity index (χ2n) is 14.0. The molecule has 0 saturated heterocycles. The van der Waals surface area contributed by atoms with Gasteiger partial charge in [-0.3, -0.25) is 0 Å². The summed E-state index contributed by atoms with van der Waals surface area (Å²) in [6.07, 6.45) is 0. The lowest BCUT2D eigenvalue weighted by molar-refractivity contribution is 1.18. The minimum absolute atomic E-state index is 0.994. The Morgan fingerprint density at radius 2 is 0.887 bits per heavy atom. The Morgan fingerprint density at radius 1 is 0.302 bits per heavy atom. The first-order valence-electron chi connectivity index (χ1n) is 18.2. The lowest BCUT2D eigenvalue weighted by Gasteiger charge is -2.13. The minimum Gasteiger partial charge on any atom is -0.309 e. The fourth-order valence-electron chi connectivity index (χ4n) is 8.31. The zero-order valence-electron chi connectivity index (χ0n) is 28.9. The summed E-state index contributed by atoms with van der Waals surface area (Å²) in [5.74, 6) is 0. The Hall–Kier alpha value is -7.03. The molecule has 0 spiro atoms. The van der Waals surface area contributed by atoms with Gasteiger partial charge in [-0.25, -0.2) is 4.98 Å². The van der Waals surface area contributed by atoms with Crippen molar-refractivity contribution in [2.75, 3.05) is 0 Å². The molecule has 0 amide bonds. The zero-order valence-corrected chi connectivity index (χ0v) is 28.9. The summed E-state index contributed by atoms with van der Waals surface area (Å²) in [6.45, 7) is 0. The molecule has 0 atom stereocenters. The third kappa shape index (κ3) is 4.84. The average Bonchev–Trinajstić information content (AvgIpc) is 3.55. The van der Waals surface area contributed by atoms with Crippen LogP contribution in [0.5, 0.6) is 0 Å². The van der Waals surface area contributed by atoms with Gasteiger partial charge in [0, 0.05) is 32.8 Å². The Morgan fingerprint density at radius 3 is 1.66 bits per heavy atom. The summed E-state index contributed by atoms with van der Waals surface area (Å²) < 4.78 is 2.39. The van der Waals surface area contributed by atoms with E-state index in [9.17, 15) is 0 Å². The highest BCUT2D eigenvalue weighted by molar-refractivity contribution is 6.20. The van der Waals surface area contributed by atoms with Crippen LogP contribution in [0.25, 0.3) is 104 Å². The molecule has 11 rings (SSSR count). The van der Waals surface area contributed by atoms with Crippen molar-refractivity contribution in [1.29, 1.82) is 0 Å². The summed E-state index contributed by atoms with van der Waals surface area (Å²) in [6, 6.07) is 70.5. The van der Waals surface area contributed by atoms with Gasteiger partial charge in [0.2, 0.25) is 0 Å². The van der Waals surface area contributed by atoms with E-state index in [-0.39, 0.29) is 0 Å². The monoisotopic (exact) mass is 672 g/mol. The number of hydrogen-bond donors (Lipinski definition) is 0. The van der Waals surface area contributed by atoms with Gasteiger partial charge in [0.05, 0.1) is 22.2 Å². The number of pyridine rings is 1. The molecule has 2 aromatic heterocycles. The molecule has 0 saturated carbocycles. The molecule has 0 aliphatic heterocycles. The van der Waals surface area contributed by atoms with Crippen molar-refractivity contribution >= 4 is 65.0 Å². The van der Waals surface area contributed by atoms with Gasteiger partial charge in [-0.05, 0) is 110 Å². The van der Waals surface area contributed by atoms with E-state index in [1.54, 1.807) is 0 Å². The van der Waals surface area contributed by atoms with Crippen molar-refractivity contribution < 1.29 is 0 Å². The smallest absolute Gasteiger partial charge is 0.0789 e. The molecule has 0 radical (unpaired) electrons. The number of aromatic nitrogens is 2. The van der Waals surface area contributed by atoms with Gasteiger partial charge < -0.3 is 4.57 Å². The largest absolute Gasteiger partial charge is 0.309 e. The fraction of sp³-hybridized carbons (Fsp3) is 0. The number of benzene rings is 9. The van der Waals surface area contributed by atoms with Crippen molar-refractivity contribution in [2.24, 2.45) is 0 Å². The first-order chi connectivity index (χ1) is 26.2. The summed E-state index contributed by atoms with van der Waals surface area (Å²) >= 11 is 0. The molecule has 0 N–H and O–H groups in total. The highest BCUT2D eigenvalue weighted by atomic mass is 15.0. The SMILES string of the molecule is c1ccc(-n2c3ccccc3c3cc4c(cc32)c(-c2cccc(-c3ccc5cc(-c6ccc7ccccc7c6)ccc5c3)c2)nc2ccccc24)cc1. The normalized spacial score (nSPS) is 11.8. The van der Waals surface area contributed by atoms with Crippen LogP contribution in [0.15, 0.2) is 194 Å². The lowest BCUT2D eigenvalue weighted by Crippen LogP contribution is -1.94. The van der Waals surface area contributed by atoms with Crippen LogP contribution in [-0.2, 0) is 0 Å². The third-order valence-electron chi connectivity index (χ3n) is 10.9. The van der Waals surface area contributed by atoms with Crippen LogP contribution < -0.4 is 0 Å². The molecule has 0 aliphatic rings. The molecule has 2 heteroatoms. The van der Waals surface area contributed by atoms with Gasteiger partial charge in [0.25, 0.3) is 0 Å². The standard InChI is InChI=1S/C51H32N2/c1-2-15-42(16-3-1)53-49-20-9-7-18-44(49)46-31-45-43-17-6-8-19-48(43)52-51(47(45)32-50(46)53)41-14-10-13-35(30-41)36-23-24-40-29-39(26-25-38(40)28-36)37-22-21-33-11-4-5-12-34(33)27-37/h1-32H. The maximum absolute atomic E-state index is 5.37. The van der Waals surface area contributed by atoms with E-state index in [0.29, 0.717) is 0 Å². The summed E-state index contributed by atoms with van der Waals surface area (Å²) in [5.41, 5.74) is 11.4. The molecule has 11 aromatic rings. The van der Waals surface area contributed by atoms with E-state index in [1.807, 2.05) is 0 Å². The van der Waals surface area contributed by atoms with Gasteiger partial charge in [-0.15, -0.1) is 0 Å². The van der Waals surface area contributed by atoms with E-state index in [2.05, 4.69) is 199 Å². The molecule has 0 bridgehead atoms. The van der Waals surface area contributed by atoms with E-state index in [0.717, 1.165) is 27.8 Å². The van der Waals surface area contributed by atoms with Crippen LogP contribution in [0.1, 0.15) is 0 Å². The Bertz CT molecular complexity index is 3220. The van der Waals surface area contributed by atoms with Crippen LogP contribution in [-0.4, -0.2) is 9.55 Å². The molecule has 9 aromatic carbocycles. The molecule has 2 nitrogen and oxygen atoms in total.